The van der Waals surface area contributed by atoms with Crippen LogP contribution in [0.2, 0.25) is 5.02 Å². The molecule has 4 aromatic rings. The second kappa shape index (κ2) is 7.89. The molecule has 0 aliphatic heterocycles. The molecule has 0 radical (unpaired) electrons. The highest BCUT2D eigenvalue weighted by molar-refractivity contribution is 6.30. The number of hydrogen-bond acceptors (Lipinski definition) is 5. The molecule has 2 heterocycles. The summed E-state index contributed by atoms with van der Waals surface area (Å²) in [6.07, 6.45) is 4.97. The van der Waals surface area contributed by atoms with Gasteiger partial charge in [0.1, 0.15) is 12.1 Å². The molecule has 4 rings (SSSR count). The van der Waals surface area contributed by atoms with E-state index in [1.165, 1.54) is 6.33 Å². The van der Waals surface area contributed by atoms with Crippen LogP contribution in [0.1, 0.15) is 10.4 Å². The number of hydrogen-bond donors (Lipinski definition) is 2. The molecule has 0 saturated heterocycles. The number of carbonyl (C=O) groups is 1. The van der Waals surface area contributed by atoms with E-state index in [0.29, 0.717) is 27.9 Å². The van der Waals surface area contributed by atoms with Gasteiger partial charge in [-0.3, -0.25) is 4.79 Å². The average molecular weight is 391 g/mol. The molecule has 2 aromatic carbocycles. The summed E-state index contributed by atoms with van der Waals surface area (Å²) in [5.74, 6) is 1.10. The van der Waals surface area contributed by atoms with Gasteiger partial charge < -0.3 is 10.6 Å². The zero-order valence-corrected chi connectivity index (χ0v) is 15.3. The molecule has 0 aliphatic carbocycles. The molecule has 8 heteroatoms. The van der Waals surface area contributed by atoms with E-state index in [4.69, 9.17) is 11.6 Å². The van der Waals surface area contributed by atoms with Gasteiger partial charge in [0.15, 0.2) is 5.82 Å². The minimum Gasteiger partial charge on any atom is -0.340 e. The normalized spacial score (nSPS) is 10.5. The van der Waals surface area contributed by atoms with E-state index in [1.54, 1.807) is 41.2 Å². The first kappa shape index (κ1) is 17.7. The maximum atomic E-state index is 12.3. The number of rotatable bonds is 5. The molecule has 0 aliphatic rings. The fourth-order valence-electron chi connectivity index (χ4n) is 2.53. The third kappa shape index (κ3) is 4.16. The van der Waals surface area contributed by atoms with E-state index in [2.05, 4.69) is 25.7 Å². The van der Waals surface area contributed by atoms with Crippen LogP contribution in [0.25, 0.3) is 5.82 Å². The molecule has 1 amide bonds. The number of aromatic nitrogens is 4. The quantitative estimate of drug-likeness (QED) is 0.530. The van der Waals surface area contributed by atoms with Crippen molar-refractivity contribution in [3.63, 3.8) is 0 Å². The summed E-state index contributed by atoms with van der Waals surface area (Å²) in [5, 5.41) is 10.8. The van der Waals surface area contributed by atoms with Crippen LogP contribution in [-0.2, 0) is 0 Å². The maximum absolute atomic E-state index is 12.3. The van der Waals surface area contributed by atoms with Crippen molar-refractivity contribution < 1.29 is 4.79 Å². The van der Waals surface area contributed by atoms with Gasteiger partial charge >= 0.3 is 0 Å². The number of halogens is 1. The number of anilines is 3. The van der Waals surface area contributed by atoms with Crippen LogP contribution < -0.4 is 10.6 Å². The van der Waals surface area contributed by atoms with Gasteiger partial charge in [0.2, 0.25) is 0 Å². The first-order chi connectivity index (χ1) is 13.7. The Bertz CT molecular complexity index is 1080. The van der Waals surface area contributed by atoms with Crippen molar-refractivity contribution in [1.29, 1.82) is 0 Å². The predicted molar refractivity (Wildman–Crippen MR) is 108 cm³/mol. The highest BCUT2D eigenvalue weighted by Crippen LogP contribution is 2.19. The zero-order valence-electron chi connectivity index (χ0n) is 14.6. The summed E-state index contributed by atoms with van der Waals surface area (Å²) in [7, 11) is 0. The lowest BCUT2D eigenvalue weighted by molar-refractivity contribution is 0.102. The van der Waals surface area contributed by atoms with Gasteiger partial charge in [-0.2, -0.15) is 5.10 Å². The molecule has 0 bridgehead atoms. The largest absolute Gasteiger partial charge is 0.340 e. The van der Waals surface area contributed by atoms with Crippen molar-refractivity contribution in [2.75, 3.05) is 10.6 Å². The van der Waals surface area contributed by atoms with E-state index in [-0.39, 0.29) is 5.91 Å². The summed E-state index contributed by atoms with van der Waals surface area (Å²) < 4.78 is 1.66. The van der Waals surface area contributed by atoms with Crippen molar-refractivity contribution in [2.24, 2.45) is 0 Å². The summed E-state index contributed by atoms with van der Waals surface area (Å²) >= 11 is 5.85. The summed E-state index contributed by atoms with van der Waals surface area (Å²) in [6.45, 7) is 0. The Balaban J connectivity index is 1.43. The van der Waals surface area contributed by atoms with Crippen LogP contribution in [0.3, 0.4) is 0 Å². The summed E-state index contributed by atoms with van der Waals surface area (Å²) in [5.41, 5.74) is 2.05. The second-order valence-electron chi connectivity index (χ2n) is 5.88. The second-order valence-corrected chi connectivity index (χ2v) is 6.31. The lowest BCUT2D eigenvalue weighted by Gasteiger charge is -2.09. The first-order valence-corrected chi connectivity index (χ1v) is 8.81. The standard InChI is InChI=1S/C20H15ClN6O/c21-15-4-2-14(3-5-15)20(28)26-17-8-6-16(7-9-17)25-18-12-19(23-13-22-18)27-11-1-10-24-27/h1-13H,(H,26,28)(H,22,23,25). The minimum absolute atomic E-state index is 0.197. The van der Waals surface area contributed by atoms with Gasteiger partial charge in [-0.05, 0) is 54.6 Å². The van der Waals surface area contributed by atoms with E-state index >= 15 is 0 Å². The zero-order chi connectivity index (χ0) is 19.3. The molecule has 0 spiro atoms. The Kier molecular flexibility index (Phi) is 4.99. The number of nitrogens with one attached hydrogen (secondary N) is 2. The Labute approximate surface area is 166 Å². The van der Waals surface area contributed by atoms with Crippen molar-refractivity contribution in [1.82, 2.24) is 19.7 Å². The molecule has 0 atom stereocenters. The van der Waals surface area contributed by atoms with Gasteiger partial charge in [0.25, 0.3) is 5.91 Å². The highest BCUT2D eigenvalue weighted by Gasteiger charge is 2.06. The van der Waals surface area contributed by atoms with Gasteiger partial charge in [0, 0.05) is 40.4 Å². The lowest BCUT2D eigenvalue weighted by atomic mass is 10.2. The number of benzene rings is 2. The average Bonchev–Trinajstić information content (AvgIpc) is 3.25. The summed E-state index contributed by atoms with van der Waals surface area (Å²) in [6, 6.07) is 17.7. The molecule has 0 saturated carbocycles. The van der Waals surface area contributed by atoms with Crippen LogP contribution >= 0.6 is 11.6 Å². The van der Waals surface area contributed by atoms with Crippen LogP contribution in [0.5, 0.6) is 0 Å². The summed E-state index contributed by atoms with van der Waals surface area (Å²) in [4.78, 5) is 20.7. The van der Waals surface area contributed by atoms with Gasteiger partial charge in [0.05, 0.1) is 0 Å². The topological polar surface area (TPSA) is 84.7 Å². The van der Waals surface area contributed by atoms with Crippen molar-refractivity contribution in [2.45, 2.75) is 0 Å². The van der Waals surface area contributed by atoms with Gasteiger partial charge in [-0.1, -0.05) is 11.6 Å². The van der Waals surface area contributed by atoms with Crippen LogP contribution in [0, 0.1) is 0 Å². The highest BCUT2D eigenvalue weighted by atomic mass is 35.5. The number of nitrogens with zero attached hydrogens (tertiary/aromatic N) is 4. The van der Waals surface area contributed by atoms with E-state index < -0.39 is 0 Å². The number of carbonyl (C=O) groups excluding carboxylic acids is 1. The molecule has 0 fully saturated rings. The third-order valence-electron chi connectivity index (χ3n) is 3.91. The van der Waals surface area contributed by atoms with Crippen LogP contribution in [0.4, 0.5) is 17.2 Å². The van der Waals surface area contributed by atoms with Crippen molar-refractivity contribution in [3.05, 3.63) is 90.0 Å². The number of amides is 1. The minimum atomic E-state index is -0.197. The molecule has 138 valence electrons. The van der Waals surface area contributed by atoms with Crippen molar-refractivity contribution >= 4 is 34.7 Å². The molecule has 2 N–H and O–H groups in total. The van der Waals surface area contributed by atoms with Crippen molar-refractivity contribution in [3.8, 4) is 5.82 Å². The van der Waals surface area contributed by atoms with Gasteiger partial charge in [-0.25, -0.2) is 14.6 Å². The molecular weight excluding hydrogens is 376 g/mol. The Morgan fingerprint density at radius 2 is 1.71 bits per heavy atom. The lowest BCUT2D eigenvalue weighted by Crippen LogP contribution is -2.11. The SMILES string of the molecule is O=C(Nc1ccc(Nc2cc(-n3cccn3)ncn2)cc1)c1ccc(Cl)cc1. The van der Waals surface area contributed by atoms with Gasteiger partial charge in [-0.15, -0.1) is 0 Å². The predicted octanol–water partition coefficient (Wildman–Crippen LogP) is 4.31. The monoisotopic (exact) mass is 390 g/mol. The molecule has 7 nitrogen and oxygen atoms in total. The van der Waals surface area contributed by atoms with E-state index in [0.717, 1.165) is 5.69 Å². The van der Waals surface area contributed by atoms with E-state index in [9.17, 15) is 4.79 Å². The van der Waals surface area contributed by atoms with Crippen LogP contribution in [-0.4, -0.2) is 25.7 Å². The molecule has 28 heavy (non-hydrogen) atoms. The smallest absolute Gasteiger partial charge is 0.255 e. The Hall–Kier alpha value is -3.71. The first-order valence-electron chi connectivity index (χ1n) is 8.43. The fourth-order valence-corrected chi connectivity index (χ4v) is 2.66. The molecule has 0 unspecified atom stereocenters. The third-order valence-corrected chi connectivity index (χ3v) is 4.17. The fraction of sp³-hybridized carbons (Fsp3) is 0. The van der Waals surface area contributed by atoms with Crippen LogP contribution in [0.15, 0.2) is 79.4 Å². The Morgan fingerprint density at radius 3 is 2.43 bits per heavy atom. The molecule has 2 aromatic heterocycles. The molecular formula is C20H15ClN6O. The van der Waals surface area contributed by atoms with E-state index in [1.807, 2.05) is 36.5 Å². The Morgan fingerprint density at radius 1 is 0.964 bits per heavy atom. The maximum Gasteiger partial charge on any atom is 0.255 e.